The van der Waals surface area contributed by atoms with Crippen molar-refractivity contribution in [3.63, 3.8) is 0 Å². The van der Waals surface area contributed by atoms with Crippen LogP contribution in [-0.4, -0.2) is 59.6 Å². The van der Waals surface area contributed by atoms with Gasteiger partial charge in [-0.2, -0.15) is 0 Å². The number of pyridine rings is 1. The molecular formula is C19H22N4O3. The number of carbonyl (C=O) groups is 2. The molecule has 0 bridgehead atoms. The molecule has 1 fully saturated rings. The number of hydrogen-bond acceptors (Lipinski definition) is 5. The summed E-state index contributed by atoms with van der Waals surface area (Å²) >= 11 is 0. The van der Waals surface area contributed by atoms with Crippen LogP contribution in [0, 0.1) is 0 Å². The number of benzene rings is 1. The van der Waals surface area contributed by atoms with Crippen LogP contribution < -0.4 is 10.6 Å². The largest absolute Gasteiger partial charge is 0.478 e. The third-order valence-corrected chi connectivity index (χ3v) is 4.34. The minimum absolute atomic E-state index is 0.000802. The molecule has 1 amide bonds. The molecule has 136 valence electrons. The second-order valence-electron chi connectivity index (χ2n) is 6.01. The highest BCUT2D eigenvalue weighted by Gasteiger charge is 2.27. The Morgan fingerprint density at radius 1 is 1.23 bits per heavy atom. The van der Waals surface area contributed by atoms with Crippen LogP contribution in [0.2, 0.25) is 0 Å². The zero-order valence-electron chi connectivity index (χ0n) is 14.7. The number of nitrogens with zero attached hydrogens (tertiary/aromatic N) is 2. The van der Waals surface area contributed by atoms with Gasteiger partial charge in [0.2, 0.25) is 0 Å². The number of carboxylic acid groups (broad SMARTS) is 1. The summed E-state index contributed by atoms with van der Waals surface area (Å²) in [5, 5.41) is 16.1. The number of nitrogens with one attached hydrogen (secondary N) is 2. The van der Waals surface area contributed by atoms with Gasteiger partial charge >= 0.3 is 5.97 Å². The molecule has 3 N–H and O–H groups in total. The Labute approximate surface area is 152 Å². The minimum Gasteiger partial charge on any atom is -0.478 e. The summed E-state index contributed by atoms with van der Waals surface area (Å²) in [7, 11) is 0. The number of piperazine rings is 1. The molecule has 0 atom stereocenters. The molecule has 2 heterocycles. The van der Waals surface area contributed by atoms with E-state index in [0.717, 1.165) is 5.69 Å². The van der Waals surface area contributed by atoms with Crippen molar-refractivity contribution < 1.29 is 14.7 Å². The first kappa shape index (κ1) is 17.9. The standard InChI is InChI=1S/C19H22N4O3/c1-2-21-15-7-4-8-22-17(15)13-5-3-6-14(19(25)26)16(13)18(24)23-11-9-20-10-12-23/h3-8,20-21H,2,9-12H2,1H3,(H,25,26). The van der Waals surface area contributed by atoms with Crippen molar-refractivity contribution in [1.82, 2.24) is 15.2 Å². The second-order valence-corrected chi connectivity index (χ2v) is 6.01. The molecule has 1 aliphatic heterocycles. The highest BCUT2D eigenvalue weighted by atomic mass is 16.4. The zero-order valence-corrected chi connectivity index (χ0v) is 14.7. The molecule has 1 aromatic heterocycles. The first-order valence-corrected chi connectivity index (χ1v) is 8.69. The molecule has 1 aromatic carbocycles. The Morgan fingerprint density at radius 3 is 2.69 bits per heavy atom. The van der Waals surface area contributed by atoms with Crippen molar-refractivity contribution in [2.24, 2.45) is 0 Å². The van der Waals surface area contributed by atoms with E-state index in [4.69, 9.17) is 0 Å². The fraction of sp³-hybridized carbons (Fsp3) is 0.316. The van der Waals surface area contributed by atoms with E-state index in [1.54, 1.807) is 29.3 Å². The van der Waals surface area contributed by atoms with E-state index in [1.165, 1.54) is 6.07 Å². The van der Waals surface area contributed by atoms with Crippen molar-refractivity contribution in [1.29, 1.82) is 0 Å². The molecule has 3 rings (SSSR count). The van der Waals surface area contributed by atoms with Gasteiger partial charge in [0.15, 0.2) is 0 Å². The number of hydrogen-bond donors (Lipinski definition) is 3. The van der Waals surface area contributed by atoms with Gasteiger partial charge in [0.1, 0.15) is 0 Å². The number of amides is 1. The molecule has 7 nitrogen and oxygen atoms in total. The molecule has 0 saturated carbocycles. The van der Waals surface area contributed by atoms with Gasteiger partial charge in [-0.15, -0.1) is 0 Å². The lowest BCUT2D eigenvalue weighted by atomic mass is 9.96. The van der Waals surface area contributed by atoms with Gasteiger partial charge in [-0.05, 0) is 25.1 Å². The molecule has 0 radical (unpaired) electrons. The molecule has 26 heavy (non-hydrogen) atoms. The second kappa shape index (κ2) is 7.97. The smallest absolute Gasteiger partial charge is 0.336 e. The molecule has 0 unspecified atom stereocenters. The Bertz CT molecular complexity index is 816. The highest BCUT2D eigenvalue weighted by Crippen LogP contribution is 2.31. The number of aromatic carboxylic acids is 1. The maximum Gasteiger partial charge on any atom is 0.336 e. The zero-order chi connectivity index (χ0) is 18.5. The summed E-state index contributed by atoms with van der Waals surface area (Å²) in [5.74, 6) is -1.39. The number of anilines is 1. The van der Waals surface area contributed by atoms with Crippen LogP contribution in [0.4, 0.5) is 5.69 Å². The summed E-state index contributed by atoms with van der Waals surface area (Å²) in [6.45, 7) is 5.16. The Balaban J connectivity index is 2.15. The highest BCUT2D eigenvalue weighted by molar-refractivity contribution is 6.10. The topological polar surface area (TPSA) is 94.6 Å². The van der Waals surface area contributed by atoms with Gasteiger partial charge in [-0.25, -0.2) is 4.79 Å². The lowest BCUT2D eigenvalue weighted by Gasteiger charge is -2.28. The van der Waals surface area contributed by atoms with Crippen molar-refractivity contribution in [3.8, 4) is 11.3 Å². The van der Waals surface area contributed by atoms with Gasteiger partial charge < -0.3 is 20.6 Å². The first-order chi connectivity index (χ1) is 12.6. The fourth-order valence-corrected chi connectivity index (χ4v) is 3.14. The minimum atomic E-state index is -1.12. The quantitative estimate of drug-likeness (QED) is 0.759. The van der Waals surface area contributed by atoms with E-state index in [1.807, 2.05) is 13.0 Å². The summed E-state index contributed by atoms with van der Waals surface area (Å²) < 4.78 is 0. The van der Waals surface area contributed by atoms with Crippen molar-refractivity contribution >= 4 is 17.6 Å². The number of carboxylic acids is 1. The summed E-state index contributed by atoms with van der Waals surface area (Å²) in [6, 6.07) is 8.55. The number of aromatic nitrogens is 1. The Hall–Kier alpha value is -2.93. The van der Waals surface area contributed by atoms with Gasteiger partial charge in [0, 0.05) is 44.5 Å². The predicted molar refractivity (Wildman–Crippen MR) is 99.6 cm³/mol. The summed E-state index contributed by atoms with van der Waals surface area (Å²) in [5.41, 5.74) is 2.08. The number of rotatable bonds is 5. The van der Waals surface area contributed by atoms with Crippen LogP contribution in [0.5, 0.6) is 0 Å². The summed E-state index contributed by atoms with van der Waals surface area (Å²) in [4.78, 5) is 31.1. The van der Waals surface area contributed by atoms with Gasteiger partial charge in [0.25, 0.3) is 5.91 Å². The Morgan fingerprint density at radius 2 is 2.00 bits per heavy atom. The Kier molecular flexibility index (Phi) is 5.48. The van der Waals surface area contributed by atoms with E-state index in [0.29, 0.717) is 44.0 Å². The third kappa shape index (κ3) is 3.52. The predicted octanol–water partition coefficient (Wildman–Crippen LogP) is 1.92. The van der Waals surface area contributed by atoms with E-state index in [2.05, 4.69) is 15.6 Å². The monoisotopic (exact) mass is 354 g/mol. The van der Waals surface area contributed by atoms with Crippen LogP contribution in [-0.2, 0) is 0 Å². The van der Waals surface area contributed by atoms with Crippen LogP contribution in [0.3, 0.4) is 0 Å². The average Bonchev–Trinajstić information content (AvgIpc) is 2.68. The molecule has 7 heteroatoms. The SMILES string of the molecule is CCNc1cccnc1-c1cccc(C(=O)O)c1C(=O)N1CCNCC1. The van der Waals surface area contributed by atoms with E-state index in [9.17, 15) is 14.7 Å². The fourth-order valence-electron chi connectivity index (χ4n) is 3.14. The van der Waals surface area contributed by atoms with E-state index >= 15 is 0 Å². The molecule has 1 saturated heterocycles. The van der Waals surface area contributed by atoms with Gasteiger partial charge in [0.05, 0.1) is 22.5 Å². The van der Waals surface area contributed by atoms with E-state index < -0.39 is 5.97 Å². The van der Waals surface area contributed by atoms with Crippen molar-refractivity contribution in [2.75, 3.05) is 38.0 Å². The van der Waals surface area contributed by atoms with Crippen LogP contribution in [0.25, 0.3) is 11.3 Å². The van der Waals surface area contributed by atoms with E-state index in [-0.39, 0.29) is 17.0 Å². The third-order valence-electron chi connectivity index (χ3n) is 4.34. The molecule has 1 aliphatic rings. The number of carbonyl (C=O) groups excluding carboxylic acids is 1. The molecule has 0 spiro atoms. The lowest BCUT2D eigenvalue weighted by Crippen LogP contribution is -2.46. The molecule has 2 aromatic rings. The average molecular weight is 354 g/mol. The molecule has 0 aliphatic carbocycles. The maximum atomic E-state index is 13.2. The van der Waals surface area contributed by atoms with Crippen molar-refractivity contribution in [2.45, 2.75) is 6.92 Å². The molecular weight excluding hydrogens is 332 g/mol. The van der Waals surface area contributed by atoms with Crippen LogP contribution >= 0.6 is 0 Å². The van der Waals surface area contributed by atoms with Gasteiger partial charge in [-0.1, -0.05) is 12.1 Å². The normalized spacial score (nSPS) is 14.1. The summed E-state index contributed by atoms with van der Waals surface area (Å²) in [6.07, 6.45) is 1.64. The van der Waals surface area contributed by atoms with Gasteiger partial charge in [-0.3, -0.25) is 9.78 Å². The lowest BCUT2D eigenvalue weighted by molar-refractivity contribution is 0.0670. The van der Waals surface area contributed by atoms with Crippen LogP contribution in [0.1, 0.15) is 27.6 Å². The first-order valence-electron chi connectivity index (χ1n) is 8.69. The van der Waals surface area contributed by atoms with Crippen molar-refractivity contribution in [3.05, 3.63) is 47.7 Å². The van der Waals surface area contributed by atoms with Crippen LogP contribution in [0.15, 0.2) is 36.5 Å². The maximum absolute atomic E-state index is 13.2.